The first-order valence-corrected chi connectivity index (χ1v) is 19.0. The van der Waals surface area contributed by atoms with E-state index in [-0.39, 0.29) is 28.9 Å². The van der Waals surface area contributed by atoms with E-state index in [0.29, 0.717) is 0 Å². The molecule has 4 heteroatoms. The molecule has 0 saturated carbocycles. The maximum atomic E-state index is 3.15. The molecule has 8 aromatic rings. The summed E-state index contributed by atoms with van der Waals surface area (Å²) < 4.78 is 0. The van der Waals surface area contributed by atoms with Crippen molar-refractivity contribution in [2.45, 2.75) is 0 Å². The van der Waals surface area contributed by atoms with E-state index in [2.05, 4.69) is 206 Å². The Morgan fingerprint density at radius 1 is 0.340 bits per heavy atom. The van der Waals surface area contributed by atoms with E-state index < -0.39 is 15.8 Å². The molecule has 0 aliphatic carbocycles. The van der Waals surface area contributed by atoms with Crippen LogP contribution in [0.4, 0.5) is 0 Å². The third kappa shape index (κ3) is 10.8. The molecule has 0 nitrogen and oxygen atoms in total. The van der Waals surface area contributed by atoms with Gasteiger partial charge >= 0.3 is 0 Å². The third-order valence-corrected chi connectivity index (χ3v) is 13.0. The normalized spacial score (nSPS) is 10.0. The Bertz CT molecular complexity index is 1690. The Labute approximate surface area is 316 Å². The van der Waals surface area contributed by atoms with Crippen molar-refractivity contribution in [2.75, 3.05) is 0 Å². The summed E-state index contributed by atoms with van der Waals surface area (Å²) in [6.07, 6.45) is 0. The van der Waals surface area contributed by atoms with Gasteiger partial charge in [0, 0.05) is 16.5 Å². The molecule has 0 unspecified atom stereocenters. The fourth-order valence-corrected chi connectivity index (χ4v) is 10.4. The summed E-state index contributed by atoms with van der Waals surface area (Å²) in [5.41, 5.74) is 0. The molecule has 0 aliphatic rings. The monoisotopic (exact) mass is 746 g/mol. The van der Waals surface area contributed by atoms with Gasteiger partial charge in [0.1, 0.15) is 15.9 Å². The van der Waals surface area contributed by atoms with Crippen LogP contribution in [0.25, 0.3) is 10.8 Å². The first-order valence-electron chi connectivity index (χ1n) is 16.2. The minimum atomic E-state index is -0.877. The molecule has 50 heavy (non-hydrogen) atoms. The second-order valence-electron chi connectivity index (χ2n) is 11.1. The van der Waals surface area contributed by atoms with Crippen LogP contribution in [0.1, 0.15) is 0 Å². The second kappa shape index (κ2) is 21.0. The van der Waals surface area contributed by atoms with E-state index in [1.807, 2.05) is 24.3 Å². The Morgan fingerprint density at radius 3 is 1.00 bits per heavy atom. The van der Waals surface area contributed by atoms with Crippen LogP contribution < -0.4 is 31.8 Å². The average Bonchev–Trinajstić information content (AvgIpc) is 3.18. The fraction of sp³-hybridized carbons (Fsp3) is 0. The summed E-state index contributed by atoms with van der Waals surface area (Å²) in [7, 11) is -1.32. The SMILES string of the molecule is Cl.[Ni].[c-]1cccc2ccccc12.c1ccc(P(c2ccccc2)c2ccccc2)cc1.c1ccc([PH+](c2ccccc2)c2ccccc2)cc1. The number of hydrogen-bond acceptors (Lipinski definition) is 0. The van der Waals surface area contributed by atoms with Gasteiger partial charge in [0.05, 0.1) is 7.92 Å². The number of rotatable bonds is 6. The van der Waals surface area contributed by atoms with Crippen molar-refractivity contribution in [3.63, 3.8) is 0 Å². The van der Waals surface area contributed by atoms with Gasteiger partial charge in [0.2, 0.25) is 0 Å². The van der Waals surface area contributed by atoms with Crippen LogP contribution in [-0.2, 0) is 16.5 Å². The Hall–Kier alpha value is -4.34. The van der Waals surface area contributed by atoms with Gasteiger partial charge < -0.3 is 0 Å². The molecule has 0 aliphatic heterocycles. The minimum absolute atomic E-state index is 0. The number of halogens is 1. The average molecular weight is 748 g/mol. The molecule has 0 radical (unpaired) electrons. The summed E-state index contributed by atoms with van der Waals surface area (Å²) in [6.45, 7) is 0. The molecule has 250 valence electrons. The van der Waals surface area contributed by atoms with Gasteiger partial charge in [-0.05, 0) is 60.2 Å². The number of hydrogen-bond donors (Lipinski definition) is 0. The standard InChI is InChI=1S/2C18H15P.C10H7.ClH.Ni/c2*1-4-10-16(11-5-1)19(17-12-6-2-7-13-17)18-14-8-3-9-15-18;1-2-6-10-8-4-3-7-9(10)5-1;;/h2*1-15H;1-7H;1H;/q;;-1;;/p+1. The van der Waals surface area contributed by atoms with Gasteiger partial charge in [-0.25, -0.2) is 0 Å². The topological polar surface area (TPSA) is 0 Å². The molecule has 0 heterocycles. The zero-order chi connectivity index (χ0) is 32.6. The van der Waals surface area contributed by atoms with E-state index in [9.17, 15) is 0 Å². The van der Waals surface area contributed by atoms with Crippen molar-refractivity contribution < 1.29 is 16.5 Å². The molecule has 8 aromatic carbocycles. The summed E-state index contributed by atoms with van der Waals surface area (Å²) in [5, 5.41) is 10.9. The third-order valence-electron chi connectivity index (χ3n) is 7.80. The zero-order valence-electron chi connectivity index (χ0n) is 27.5. The van der Waals surface area contributed by atoms with Crippen LogP contribution in [-0.4, -0.2) is 0 Å². The molecule has 0 aromatic heterocycles. The maximum Gasteiger partial charge on any atom is 0.102 e. The van der Waals surface area contributed by atoms with Crippen LogP contribution in [0.2, 0.25) is 0 Å². The van der Waals surface area contributed by atoms with E-state index in [1.54, 1.807) is 0 Å². The van der Waals surface area contributed by atoms with Crippen molar-refractivity contribution in [1.29, 1.82) is 0 Å². The maximum absolute atomic E-state index is 3.15. The number of fused-ring (bicyclic) bond motifs is 1. The van der Waals surface area contributed by atoms with Crippen molar-refractivity contribution in [3.8, 4) is 0 Å². The van der Waals surface area contributed by atoms with Crippen molar-refractivity contribution >= 4 is 70.8 Å². The van der Waals surface area contributed by atoms with Crippen molar-refractivity contribution in [3.05, 3.63) is 231 Å². The number of benzene rings is 8. The minimum Gasteiger partial charge on any atom is -0.147 e. The summed E-state index contributed by atoms with van der Waals surface area (Å²) in [5.74, 6) is 0. The predicted octanol–water partition coefficient (Wildman–Crippen LogP) is 9.68. The van der Waals surface area contributed by atoms with E-state index in [4.69, 9.17) is 0 Å². The Morgan fingerprint density at radius 2 is 0.640 bits per heavy atom. The van der Waals surface area contributed by atoms with Gasteiger partial charge in [-0.1, -0.05) is 158 Å². The molecule has 0 spiro atoms. The molecule has 0 amide bonds. The van der Waals surface area contributed by atoms with Crippen LogP contribution in [0.3, 0.4) is 0 Å². The van der Waals surface area contributed by atoms with E-state index in [0.717, 1.165) is 0 Å². The quantitative estimate of drug-likeness (QED) is 0.0904. The van der Waals surface area contributed by atoms with Gasteiger partial charge in [-0.2, -0.15) is 0 Å². The Kier molecular flexibility index (Phi) is 16.2. The van der Waals surface area contributed by atoms with Crippen molar-refractivity contribution in [2.24, 2.45) is 0 Å². The van der Waals surface area contributed by atoms with Gasteiger partial charge in [0.15, 0.2) is 0 Å². The molecule has 0 bridgehead atoms. The van der Waals surface area contributed by atoms with Gasteiger partial charge in [-0.15, -0.1) is 59.6 Å². The van der Waals surface area contributed by atoms with Gasteiger partial charge in [0.25, 0.3) is 0 Å². The first-order chi connectivity index (χ1) is 23.9. The summed E-state index contributed by atoms with van der Waals surface area (Å²) in [4.78, 5) is 0. The van der Waals surface area contributed by atoms with Crippen LogP contribution in [0.15, 0.2) is 224 Å². The second-order valence-corrected chi connectivity index (χ2v) is 15.8. The Balaban J connectivity index is 0.000000173. The molecule has 0 atom stereocenters. The fourth-order valence-electron chi connectivity index (χ4n) is 5.56. The van der Waals surface area contributed by atoms with E-state index >= 15 is 0 Å². The predicted molar refractivity (Wildman–Crippen MR) is 222 cm³/mol. The molecule has 0 saturated heterocycles. The van der Waals surface area contributed by atoms with Crippen molar-refractivity contribution in [1.82, 2.24) is 0 Å². The molecular weight excluding hydrogens is 709 g/mol. The summed E-state index contributed by atoms with van der Waals surface area (Å²) >= 11 is 0. The van der Waals surface area contributed by atoms with E-state index in [1.165, 1.54) is 42.6 Å². The zero-order valence-corrected chi connectivity index (χ0v) is 31.2. The molecular formula is C46H39ClNiP2. The molecule has 0 fully saturated rings. The summed E-state index contributed by atoms with van der Waals surface area (Å²) in [6, 6.07) is 82.2. The smallest absolute Gasteiger partial charge is 0.102 e. The van der Waals surface area contributed by atoms with Crippen LogP contribution in [0, 0.1) is 6.07 Å². The first kappa shape index (κ1) is 38.5. The van der Waals surface area contributed by atoms with Crippen LogP contribution in [0.5, 0.6) is 0 Å². The molecule has 0 N–H and O–H groups in total. The molecule has 8 rings (SSSR count). The van der Waals surface area contributed by atoms with Crippen LogP contribution >= 0.6 is 28.3 Å². The van der Waals surface area contributed by atoms with Gasteiger partial charge in [-0.3, -0.25) is 0 Å². The largest absolute Gasteiger partial charge is 0.147 e.